The first kappa shape index (κ1) is 38.9. The van der Waals surface area contributed by atoms with E-state index in [0.717, 1.165) is 23.3 Å². The summed E-state index contributed by atoms with van der Waals surface area (Å²) in [7, 11) is 15.1. The summed E-state index contributed by atoms with van der Waals surface area (Å²) in [5.41, 5.74) is 4.38. The third kappa shape index (κ3) is 10.8. The Hall–Kier alpha value is -0.160. The lowest BCUT2D eigenvalue weighted by Crippen LogP contribution is -2.76. The van der Waals surface area contributed by atoms with Crippen LogP contribution in [0, 0.1) is 38.4 Å². The number of hydrogen-bond donors (Lipinski definition) is 1. The Morgan fingerprint density at radius 3 is 1.32 bits per heavy atom. The Bertz CT molecular complexity index is 733. The van der Waals surface area contributed by atoms with Crippen molar-refractivity contribution in [3.05, 3.63) is 0 Å². The van der Waals surface area contributed by atoms with Crippen molar-refractivity contribution in [1.29, 1.82) is 0 Å². The quantitative estimate of drug-likeness (QED) is 0.312. The predicted molar refractivity (Wildman–Crippen MR) is 185 cm³/mol. The van der Waals surface area contributed by atoms with E-state index in [2.05, 4.69) is 138 Å². The van der Waals surface area contributed by atoms with Gasteiger partial charge < -0.3 is 20.0 Å². The molecule has 0 aromatic carbocycles. The molecule has 6 aliphatic carbocycles. The lowest BCUT2D eigenvalue weighted by atomic mass is 9.32. The van der Waals surface area contributed by atoms with Gasteiger partial charge in [0.25, 0.3) is 0 Å². The predicted octanol–water partition coefficient (Wildman–Crippen LogP) is 8.52. The van der Waals surface area contributed by atoms with Crippen LogP contribution in [0.25, 0.3) is 0 Å². The summed E-state index contributed by atoms with van der Waals surface area (Å²) in [6.07, 6.45) is 11.4. The molecule has 6 saturated carbocycles. The van der Waals surface area contributed by atoms with Gasteiger partial charge in [-0.3, -0.25) is 0 Å². The molecule has 0 heterocycles. The highest BCUT2D eigenvalue weighted by Gasteiger charge is 2.72. The zero-order chi connectivity index (χ0) is 32.3. The molecule has 41 heavy (non-hydrogen) atoms. The van der Waals surface area contributed by atoms with Gasteiger partial charge in [0.2, 0.25) is 0 Å². The smallest absolute Gasteiger partial charge is 0.0220 e. The van der Waals surface area contributed by atoms with Crippen LogP contribution in [0.4, 0.5) is 0 Å². The normalized spacial score (nSPS) is 31.5. The van der Waals surface area contributed by atoms with Gasteiger partial charge in [0, 0.05) is 12.1 Å². The molecule has 0 radical (unpaired) electrons. The molecule has 6 rings (SSSR count). The Kier molecular flexibility index (Phi) is 13.1. The second kappa shape index (κ2) is 13.9. The van der Waals surface area contributed by atoms with Crippen molar-refractivity contribution in [3.8, 4) is 0 Å². The van der Waals surface area contributed by atoms with Gasteiger partial charge in [-0.25, -0.2) is 0 Å². The molecule has 0 aromatic heterocycles. The average Bonchev–Trinajstić information content (AvgIpc) is 2.62. The fourth-order valence-electron chi connectivity index (χ4n) is 7.60. The number of rotatable bonds is 8. The van der Waals surface area contributed by atoms with Crippen molar-refractivity contribution < 1.29 is 0 Å². The van der Waals surface area contributed by atoms with Crippen molar-refractivity contribution in [2.75, 3.05) is 69.0 Å². The highest BCUT2D eigenvalue weighted by atomic mass is 15.2. The van der Waals surface area contributed by atoms with E-state index < -0.39 is 0 Å². The highest BCUT2D eigenvalue weighted by molar-refractivity contribution is 5.26. The van der Waals surface area contributed by atoms with E-state index in [1.807, 2.05) is 7.05 Å². The molecule has 4 nitrogen and oxygen atoms in total. The minimum atomic E-state index is 0.489. The van der Waals surface area contributed by atoms with E-state index in [-0.39, 0.29) is 0 Å². The van der Waals surface area contributed by atoms with Crippen LogP contribution >= 0.6 is 0 Å². The van der Waals surface area contributed by atoms with Crippen LogP contribution in [0.5, 0.6) is 0 Å². The maximum Gasteiger partial charge on any atom is 0.0220 e. The zero-order valence-electron chi connectivity index (χ0n) is 31.7. The Morgan fingerprint density at radius 1 is 0.659 bits per heavy atom. The maximum absolute atomic E-state index is 3.12. The second-order valence-electron chi connectivity index (χ2n) is 19.5. The van der Waals surface area contributed by atoms with E-state index >= 15 is 0 Å². The molecule has 4 bridgehead atoms. The molecule has 0 spiro atoms. The van der Waals surface area contributed by atoms with Gasteiger partial charge in [-0.1, -0.05) is 76.2 Å². The molecule has 4 heteroatoms. The maximum atomic E-state index is 3.12. The van der Waals surface area contributed by atoms with E-state index in [0.29, 0.717) is 27.2 Å². The third-order valence-corrected chi connectivity index (χ3v) is 11.0. The molecule has 6 fully saturated rings. The summed E-state index contributed by atoms with van der Waals surface area (Å²) in [6.45, 7) is 29.2. The molecular weight excluding hydrogens is 500 g/mol. The summed E-state index contributed by atoms with van der Waals surface area (Å²) >= 11 is 0. The van der Waals surface area contributed by atoms with Crippen LogP contribution in [-0.4, -0.2) is 89.2 Å². The molecule has 6 aliphatic rings. The van der Waals surface area contributed by atoms with E-state index in [1.165, 1.54) is 64.5 Å². The number of hydrogen-bond acceptors (Lipinski definition) is 4. The summed E-state index contributed by atoms with van der Waals surface area (Å²) in [5, 5.41) is 3.12. The van der Waals surface area contributed by atoms with Gasteiger partial charge in [0.15, 0.2) is 0 Å². The average molecular weight is 579 g/mol. The minimum Gasteiger partial charge on any atom is -0.320 e. The van der Waals surface area contributed by atoms with Crippen molar-refractivity contribution >= 4 is 0 Å². The first-order valence-corrected chi connectivity index (χ1v) is 16.9. The lowest BCUT2D eigenvalue weighted by Gasteiger charge is -2.77. The van der Waals surface area contributed by atoms with E-state index in [9.17, 15) is 0 Å². The summed E-state index contributed by atoms with van der Waals surface area (Å²) in [6, 6.07) is 0. The SMILES string of the molecule is CC(C)C12CC(CN(C)C)(C1)C2.CN(C)C12CC(C(C)(C)C)(C1)C2.CN(C)CCC(C)(C)C.CNCCC(C)(C)C. The van der Waals surface area contributed by atoms with Gasteiger partial charge in [-0.2, -0.15) is 0 Å². The molecular formula is C37H78N4. The number of nitrogens with zero attached hydrogens (tertiary/aromatic N) is 3. The van der Waals surface area contributed by atoms with Crippen LogP contribution in [0.3, 0.4) is 0 Å². The first-order valence-electron chi connectivity index (χ1n) is 16.9. The van der Waals surface area contributed by atoms with Gasteiger partial charge in [-0.15, -0.1) is 0 Å². The molecule has 0 aliphatic heterocycles. The lowest BCUT2D eigenvalue weighted by molar-refractivity contribution is -0.256. The van der Waals surface area contributed by atoms with Gasteiger partial charge in [0.1, 0.15) is 0 Å². The summed E-state index contributed by atoms with van der Waals surface area (Å²) in [4.78, 5) is 7.01. The summed E-state index contributed by atoms with van der Waals surface area (Å²) in [5.74, 6) is 0.918. The highest BCUT2D eigenvalue weighted by Crippen LogP contribution is 2.76. The van der Waals surface area contributed by atoms with Crippen molar-refractivity contribution in [2.45, 2.75) is 133 Å². The third-order valence-electron chi connectivity index (χ3n) is 11.0. The second-order valence-corrected chi connectivity index (χ2v) is 19.5. The minimum absolute atomic E-state index is 0.489. The molecule has 0 amide bonds. The molecule has 0 atom stereocenters. The Labute approximate surface area is 260 Å². The molecule has 0 unspecified atom stereocenters. The Balaban J connectivity index is 0.000000279. The van der Waals surface area contributed by atoms with Crippen LogP contribution in [-0.2, 0) is 0 Å². The van der Waals surface area contributed by atoms with E-state index in [4.69, 9.17) is 0 Å². The molecule has 0 aromatic rings. The van der Waals surface area contributed by atoms with Crippen LogP contribution in [0.2, 0.25) is 0 Å². The monoisotopic (exact) mass is 579 g/mol. The largest absolute Gasteiger partial charge is 0.320 e. The van der Waals surface area contributed by atoms with Crippen LogP contribution < -0.4 is 5.32 Å². The van der Waals surface area contributed by atoms with Crippen molar-refractivity contribution in [1.82, 2.24) is 20.0 Å². The molecule has 1 N–H and O–H groups in total. The standard InChI is InChI=1S/2C11H21N.C8H19N.C7H17N/c1-9(2)11-5-10(6-11,7-11)8-12(3)4;1-9(2,3)10-6-11(7-10,8-10)12(4)5;1-8(2,3)6-7-9(4)5;1-7(2,3)5-6-8-4/h9H,5-8H2,1-4H3;6-8H2,1-5H3;6-7H2,1-5H3;8H,5-6H2,1-4H3. The van der Waals surface area contributed by atoms with Gasteiger partial charge in [-0.05, 0) is 152 Å². The number of nitrogens with one attached hydrogen (secondary N) is 1. The molecule has 0 saturated heterocycles. The van der Waals surface area contributed by atoms with Crippen LogP contribution in [0.1, 0.15) is 128 Å². The first-order chi connectivity index (χ1) is 18.3. The fourth-order valence-corrected chi connectivity index (χ4v) is 7.60. The Morgan fingerprint density at radius 2 is 1.10 bits per heavy atom. The van der Waals surface area contributed by atoms with Crippen LogP contribution in [0.15, 0.2) is 0 Å². The zero-order valence-corrected chi connectivity index (χ0v) is 31.7. The molecule has 246 valence electrons. The summed E-state index contributed by atoms with van der Waals surface area (Å²) < 4.78 is 0. The fraction of sp³-hybridized carbons (Fsp3) is 1.00. The van der Waals surface area contributed by atoms with Gasteiger partial charge >= 0.3 is 0 Å². The van der Waals surface area contributed by atoms with E-state index in [1.54, 1.807) is 0 Å². The van der Waals surface area contributed by atoms with Gasteiger partial charge in [0.05, 0.1) is 0 Å². The van der Waals surface area contributed by atoms with Crippen molar-refractivity contribution in [3.63, 3.8) is 0 Å². The topological polar surface area (TPSA) is 21.8 Å². The van der Waals surface area contributed by atoms with Crippen molar-refractivity contribution in [2.24, 2.45) is 38.4 Å².